The van der Waals surface area contributed by atoms with Crippen molar-refractivity contribution < 1.29 is 13.2 Å². The molecule has 0 bridgehead atoms. The molecule has 0 radical (unpaired) electrons. The van der Waals surface area contributed by atoms with E-state index in [-0.39, 0.29) is 11.8 Å². The summed E-state index contributed by atoms with van der Waals surface area (Å²) in [5.74, 6) is -0.266. The highest BCUT2D eigenvalue weighted by atomic mass is 79.9. The predicted octanol–water partition coefficient (Wildman–Crippen LogP) is 5.64. The van der Waals surface area contributed by atoms with Gasteiger partial charge in [0.05, 0.1) is 11.6 Å². The zero-order chi connectivity index (χ0) is 20.3. The van der Waals surface area contributed by atoms with Gasteiger partial charge in [-0.2, -0.15) is 23.4 Å². The van der Waals surface area contributed by atoms with E-state index in [9.17, 15) is 13.2 Å². The average molecular weight is 448 g/mol. The zero-order valence-corrected chi connectivity index (χ0v) is 16.1. The zero-order valence-electron chi connectivity index (χ0n) is 14.5. The molecular formula is C19H13BrF3N5. The third kappa shape index (κ3) is 4.40. The fourth-order valence-electron chi connectivity index (χ4n) is 2.43. The smallest absolute Gasteiger partial charge is 0.329 e. The molecule has 9 heteroatoms. The van der Waals surface area contributed by atoms with Crippen LogP contribution in [-0.4, -0.2) is 17.0 Å². The van der Waals surface area contributed by atoms with Gasteiger partial charge in [-0.1, -0.05) is 15.9 Å². The number of hydrogen-bond donors (Lipinski definition) is 1. The number of nitriles is 1. The Morgan fingerprint density at radius 1 is 1.07 bits per heavy atom. The molecule has 0 aliphatic carbocycles. The Hall–Kier alpha value is -3.12. The van der Waals surface area contributed by atoms with E-state index < -0.39 is 11.7 Å². The fraction of sp³-hybridized carbons (Fsp3) is 0.105. The van der Waals surface area contributed by atoms with E-state index in [1.807, 2.05) is 6.07 Å². The van der Waals surface area contributed by atoms with Gasteiger partial charge in [0.25, 0.3) is 0 Å². The summed E-state index contributed by atoms with van der Waals surface area (Å²) >= 11 is 3.30. The van der Waals surface area contributed by atoms with Gasteiger partial charge in [-0.15, -0.1) is 0 Å². The second-order valence-electron chi connectivity index (χ2n) is 5.78. The largest absolute Gasteiger partial charge is 0.421 e. The minimum atomic E-state index is -4.61. The standard InChI is InChI=1S/C19H13BrF3N5/c1-28(15-8-4-13(20)5-9-15)17-16(19(21,22)23)11-25-18(27-17)26-14-6-2-12(10-24)3-7-14/h2-9,11H,1H3,(H,25,26,27). The van der Waals surface area contributed by atoms with Crippen molar-refractivity contribution in [1.82, 2.24) is 9.97 Å². The van der Waals surface area contributed by atoms with Crippen molar-refractivity contribution in [3.8, 4) is 6.07 Å². The second-order valence-corrected chi connectivity index (χ2v) is 6.69. The van der Waals surface area contributed by atoms with E-state index in [4.69, 9.17) is 5.26 Å². The van der Waals surface area contributed by atoms with Gasteiger partial charge in [-0.3, -0.25) is 0 Å². The van der Waals surface area contributed by atoms with Gasteiger partial charge in [0, 0.05) is 29.1 Å². The molecular weight excluding hydrogens is 435 g/mol. The Balaban J connectivity index is 1.99. The number of benzene rings is 2. The molecule has 0 saturated heterocycles. The van der Waals surface area contributed by atoms with E-state index in [0.717, 1.165) is 10.7 Å². The van der Waals surface area contributed by atoms with E-state index in [1.54, 1.807) is 48.5 Å². The molecule has 0 aliphatic rings. The third-order valence-corrected chi connectivity index (χ3v) is 4.40. The summed E-state index contributed by atoms with van der Waals surface area (Å²) in [6, 6.07) is 15.2. The van der Waals surface area contributed by atoms with E-state index in [2.05, 4.69) is 31.2 Å². The van der Waals surface area contributed by atoms with Crippen LogP contribution in [-0.2, 0) is 6.18 Å². The van der Waals surface area contributed by atoms with Crippen LogP contribution < -0.4 is 10.2 Å². The summed E-state index contributed by atoms with van der Waals surface area (Å²) in [5.41, 5.74) is 0.616. The molecule has 0 spiro atoms. The van der Waals surface area contributed by atoms with Crippen LogP contribution in [0, 0.1) is 11.3 Å². The number of alkyl halides is 3. The quantitative estimate of drug-likeness (QED) is 0.560. The molecule has 142 valence electrons. The monoisotopic (exact) mass is 447 g/mol. The van der Waals surface area contributed by atoms with Crippen molar-refractivity contribution in [1.29, 1.82) is 5.26 Å². The van der Waals surface area contributed by atoms with E-state index in [0.29, 0.717) is 16.9 Å². The highest BCUT2D eigenvalue weighted by Gasteiger charge is 2.36. The molecule has 0 atom stereocenters. The lowest BCUT2D eigenvalue weighted by molar-refractivity contribution is -0.137. The lowest BCUT2D eigenvalue weighted by atomic mass is 10.2. The Bertz CT molecular complexity index is 1010. The van der Waals surface area contributed by atoms with Crippen LogP contribution in [0.15, 0.2) is 59.2 Å². The number of anilines is 4. The first kappa shape index (κ1) is 19.6. The molecule has 1 N–H and O–H groups in total. The Kier molecular flexibility index (Phi) is 5.51. The molecule has 0 saturated carbocycles. The van der Waals surface area contributed by atoms with Gasteiger partial charge in [-0.05, 0) is 48.5 Å². The summed E-state index contributed by atoms with van der Waals surface area (Å²) in [7, 11) is 1.51. The molecule has 1 heterocycles. The Morgan fingerprint density at radius 2 is 1.71 bits per heavy atom. The summed E-state index contributed by atoms with van der Waals surface area (Å²) in [5, 5.41) is 11.7. The van der Waals surface area contributed by atoms with Crippen LogP contribution in [0.2, 0.25) is 0 Å². The van der Waals surface area contributed by atoms with Gasteiger partial charge in [-0.25, -0.2) is 4.98 Å². The van der Waals surface area contributed by atoms with Crippen LogP contribution in [0.5, 0.6) is 0 Å². The maximum Gasteiger partial charge on any atom is 0.421 e. The lowest BCUT2D eigenvalue weighted by Gasteiger charge is -2.23. The number of halogens is 4. The molecule has 0 unspecified atom stereocenters. The Labute approximate surface area is 167 Å². The summed E-state index contributed by atoms with van der Waals surface area (Å²) in [6.07, 6.45) is -3.85. The summed E-state index contributed by atoms with van der Waals surface area (Å²) in [4.78, 5) is 9.22. The maximum absolute atomic E-state index is 13.5. The van der Waals surface area contributed by atoms with Crippen molar-refractivity contribution in [3.05, 3.63) is 70.3 Å². The van der Waals surface area contributed by atoms with Crippen LogP contribution in [0.3, 0.4) is 0 Å². The second kappa shape index (κ2) is 7.86. The molecule has 0 aliphatic heterocycles. The van der Waals surface area contributed by atoms with Crippen molar-refractivity contribution in [2.45, 2.75) is 6.18 Å². The first-order valence-corrected chi connectivity index (χ1v) is 8.78. The highest BCUT2D eigenvalue weighted by molar-refractivity contribution is 9.10. The van der Waals surface area contributed by atoms with Crippen LogP contribution >= 0.6 is 15.9 Å². The number of nitrogens with one attached hydrogen (secondary N) is 1. The molecule has 28 heavy (non-hydrogen) atoms. The number of hydrogen-bond acceptors (Lipinski definition) is 5. The molecule has 5 nitrogen and oxygen atoms in total. The molecule has 3 rings (SSSR count). The SMILES string of the molecule is CN(c1ccc(Br)cc1)c1nc(Nc2ccc(C#N)cc2)ncc1C(F)(F)F. The van der Waals surface area contributed by atoms with E-state index in [1.165, 1.54) is 11.9 Å². The number of nitrogens with zero attached hydrogens (tertiary/aromatic N) is 4. The van der Waals surface area contributed by atoms with E-state index >= 15 is 0 Å². The lowest BCUT2D eigenvalue weighted by Crippen LogP contribution is -2.19. The molecule has 3 aromatic rings. The Morgan fingerprint density at radius 3 is 2.29 bits per heavy atom. The van der Waals surface area contributed by atoms with Crippen LogP contribution in [0.25, 0.3) is 0 Å². The van der Waals surface area contributed by atoms with Crippen molar-refractivity contribution in [3.63, 3.8) is 0 Å². The highest BCUT2D eigenvalue weighted by Crippen LogP contribution is 2.37. The third-order valence-electron chi connectivity index (χ3n) is 3.88. The van der Waals surface area contributed by atoms with Gasteiger partial charge in [0.15, 0.2) is 5.82 Å². The summed E-state index contributed by atoms with van der Waals surface area (Å²) in [6.45, 7) is 0. The predicted molar refractivity (Wildman–Crippen MR) is 104 cm³/mol. The molecule has 0 fully saturated rings. The van der Waals surface area contributed by atoms with Crippen molar-refractivity contribution in [2.75, 3.05) is 17.3 Å². The summed E-state index contributed by atoms with van der Waals surface area (Å²) < 4.78 is 41.2. The average Bonchev–Trinajstić information content (AvgIpc) is 2.68. The van der Waals surface area contributed by atoms with Crippen LogP contribution in [0.1, 0.15) is 11.1 Å². The van der Waals surface area contributed by atoms with Crippen LogP contribution in [0.4, 0.5) is 36.3 Å². The van der Waals surface area contributed by atoms with Gasteiger partial charge in [0.1, 0.15) is 5.56 Å². The van der Waals surface area contributed by atoms with Crippen molar-refractivity contribution >= 4 is 39.1 Å². The maximum atomic E-state index is 13.5. The minimum absolute atomic E-state index is 0.0108. The van der Waals surface area contributed by atoms with Gasteiger partial charge < -0.3 is 10.2 Å². The minimum Gasteiger partial charge on any atom is -0.329 e. The fourth-order valence-corrected chi connectivity index (χ4v) is 2.70. The molecule has 2 aromatic carbocycles. The number of aromatic nitrogens is 2. The first-order valence-electron chi connectivity index (χ1n) is 7.98. The molecule has 0 amide bonds. The normalized spacial score (nSPS) is 11.0. The van der Waals surface area contributed by atoms with Gasteiger partial charge in [0.2, 0.25) is 5.95 Å². The topological polar surface area (TPSA) is 64.8 Å². The van der Waals surface area contributed by atoms with Gasteiger partial charge >= 0.3 is 6.18 Å². The van der Waals surface area contributed by atoms with Crippen molar-refractivity contribution in [2.24, 2.45) is 0 Å². The molecule has 1 aromatic heterocycles. The first-order chi connectivity index (χ1) is 13.3. The number of rotatable bonds is 4.